The number of carbonyl (C=O) groups is 1. The summed E-state index contributed by atoms with van der Waals surface area (Å²) in [4.78, 5) is 21.2. The molecule has 1 unspecified atom stereocenters. The van der Waals surface area contributed by atoms with Crippen LogP contribution in [0.25, 0.3) is 0 Å². The Morgan fingerprint density at radius 3 is 2.41 bits per heavy atom. The molecule has 1 amide bonds. The van der Waals surface area contributed by atoms with E-state index in [4.69, 9.17) is 4.74 Å². The number of amides is 1. The third-order valence-corrected chi connectivity index (χ3v) is 4.84. The van der Waals surface area contributed by atoms with Gasteiger partial charge in [-0.1, -0.05) is 0 Å². The average Bonchev–Trinajstić information content (AvgIpc) is 3.03. The molecule has 2 heterocycles. The fourth-order valence-electron chi connectivity index (χ4n) is 3.24. The van der Waals surface area contributed by atoms with E-state index in [0.717, 1.165) is 58.1 Å². The molecule has 1 N–H and O–H groups in total. The summed E-state index contributed by atoms with van der Waals surface area (Å²) in [6.45, 7) is 6.86. The summed E-state index contributed by atoms with van der Waals surface area (Å²) in [7, 11) is 0. The van der Waals surface area contributed by atoms with Crippen LogP contribution in [0.5, 0.6) is 0 Å². The molecule has 6 heteroatoms. The molecular weight excluding hydrogens is 280 g/mol. The van der Waals surface area contributed by atoms with Crippen LogP contribution in [0, 0.1) is 0 Å². The number of guanidine groups is 1. The number of hydrogen-bond acceptors (Lipinski definition) is 3. The Labute approximate surface area is 132 Å². The third-order valence-electron chi connectivity index (χ3n) is 4.84. The highest BCUT2D eigenvalue weighted by Gasteiger charge is 2.31. The van der Waals surface area contributed by atoms with Crippen molar-refractivity contribution in [3.05, 3.63) is 0 Å². The third kappa shape index (κ3) is 3.54. The zero-order valence-corrected chi connectivity index (χ0v) is 13.6. The Bertz CT molecular complexity index is 408. The normalized spacial score (nSPS) is 27.0. The summed E-state index contributed by atoms with van der Waals surface area (Å²) >= 11 is 0. The molecule has 22 heavy (non-hydrogen) atoms. The number of nitrogens with zero attached hydrogens (tertiary/aromatic N) is 3. The summed E-state index contributed by atoms with van der Waals surface area (Å²) < 4.78 is 5.51. The van der Waals surface area contributed by atoms with Crippen LogP contribution in [0.1, 0.15) is 39.0 Å². The Morgan fingerprint density at radius 1 is 1.14 bits per heavy atom. The number of carbonyl (C=O) groups excluding carboxylic acids is 1. The van der Waals surface area contributed by atoms with Crippen LogP contribution in [0.2, 0.25) is 0 Å². The maximum Gasteiger partial charge on any atom is 0.251 e. The molecular formula is C16H28N4O2. The molecule has 0 bridgehead atoms. The van der Waals surface area contributed by atoms with Gasteiger partial charge in [0.05, 0.1) is 0 Å². The molecule has 0 radical (unpaired) electrons. The lowest BCUT2D eigenvalue weighted by Crippen LogP contribution is -2.57. The monoisotopic (exact) mass is 308 g/mol. The van der Waals surface area contributed by atoms with Crippen molar-refractivity contribution < 1.29 is 9.53 Å². The number of aliphatic imine (C=N–C) groups is 1. The summed E-state index contributed by atoms with van der Waals surface area (Å²) in [6.07, 6.45) is 5.52. The van der Waals surface area contributed by atoms with Crippen molar-refractivity contribution >= 4 is 11.9 Å². The second-order valence-electron chi connectivity index (χ2n) is 6.38. The molecule has 1 aliphatic carbocycles. The molecule has 2 saturated heterocycles. The van der Waals surface area contributed by atoms with E-state index in [-0.39, 0.29) is 12.0 Å². The van der Waals surface area contributed by atoms with Gasteiger partial charge in [0.2, 0.25) is 0 Å². The average molecular weight is 308 g/mol. The van der Waals surface area contributed by atoms with E-state index in [0.29, 0.717) is 6.04 Å². The first-order chi connectivity index (χ1) is 10.8. The van der Waals surface area contributed by atoms with Crippen LogP contribution in [-0.2, 0) is 9.53 Å². The highest BCUT2D eigenvalue weighted by Crippen LogP contribution is 2.19. The molecule has 1 saturated carbocycles. The van der Waals surface area contributed by atoms with E-state index in [9.17, 15) is 4.79 Å². The topological polar surface area (TPSA) is 57.2 Å². The number of hydrogen-bond donors (Lipinski definition) is 1. The van der Waals surface area contributed by atoms with Crippen LogP contribution in [0.3, 0.4) is 0 Å². The smallest absolute Gasteiger partial charge is 0.251 e. The molecule has 0 aromatic rings. The molecule has 2 aliphatic heterocycles. The van der Waals surface area contributed by atoms with Crippen molar-refractivity contribution in [2.45, 2.75) is 51.2 Å². The van der Waals surface area contributed by atoms with E-state index in [1.54, 1.807) is 0 Å². The standard InChI is InChI=1S/C16H28N4O2/c1-2-17-16(18-13-5-3-6-13)20-10-8-19(9-11-20)15(21)14-7-4-12-22-14/h13-14H,2-12H2,1H3,(H,17,18). The Balaban J connectivity index is 1.50. The van der Waals surface area contributed by atoms with Crippen molar-refractivity contribution in [3.8, 4) is 0 Å². The Morgan fingerprint density at radius 2 is 1.86 bits per heavy atom. The van der Waals surface area contributed by atoms with Crippen LogP contribution >= 0.6 is 0 Å². The zero-order valence-electron chi connectivity index (χ0n) is 13.6. The number of rotatable bonds is 3. The summed E-state index contributed by atoms with van der Waals surface area (Å²) in [5.41, 5.74) is 0. The Hall–Kier alpha value is -1.30. The SMILES string of the molecule is CCN=C(NC1CCC1)N1CCN(C(=O)C2CCCO2)CC1. The van der Waals surface area contributed by atoms with Crippen molar-refractivity contribution in [2.24, 2.45) is 4.99 Å². The summed E-state index contributed by atoms with van der Waals surface area (Å²) in [6, 6.07) is 0.594. The van der Waals surface area contributed by atoms with Crippen molar-refractivity contribution in [1.82, 2.24) is 15.1 Å². The van der Waals surface area contributed by atoms with Gasteiger partial charge in [-0.2, -0.15) is 0 Å². The van der Waals surface area contributed by atoms with Crippen molar-refractivity contribution in [3.63, 3.8) is 0 Å². The predicted molar refractivity (Wildman–Crippen MR) is 85.9 cm³/mol. The van der Waals surface area contributed by atoms with Gasteiger partial charge in [-0.15, -0.1) is 0 Å². The number of ether oxygens (including phenoxy) is 1. The molecule has 0 aromatic carbocycles. The van der Waals surface area contributed by atoms with Gasteiger partial charge in [0.25, 0.3) is 5.91 Å². The minimum absolute atomic E-state index is 0.179. The van der Waals surface area contributed by atoms with Gasteiger partial charge in [-0.05, 0) is 39.0 Å². The van der Waals surface area contributed by atoms with Crippen LogP contribution in [-0.4, -0.2) is 73.1 Å². The lowest BCUT2D eigenvalue weighted by Gasteiger charge is -2.39. The van der Waals surface area contributed by atoms with Gasteiger partial charge in [0.15, 0.2) is 5.96 Å². The highest BCUT2D eigenvalue weighted by atomic mass is 16.5. The summed E-state index contributed by atoms with van der Waals surface area (Å²) in [5, 5.41) is 3.57. The molecule has 6 nitrogen and oxygen atoms in total. The van der Waals surface area contributed by atoms with E-state index in [1.807, 2.05) is 4.90 Å². The van der Waals surface area contributed by atoms with E-state index >= 15 is 0 Å². The quantitative estimate of drug-likeness (QED) is 0.620. The molecule has 0 aromatic heterocycles. The highest BCUT2D eigenvalue weighted by molar-refractivity contribution is 5.83. The van der Waals surface area contributed by atoms with Gasteiger partial charge in [0.1, 0.15) is 6.10 Å². The molecule has 3 aliphatic rings. The van der Waals surface area contributed by atoms with Crippen molar-refractivity contribution in [2.75, 3.05) is 39.3 Å². The zero-order chi connectivity index (χ0) is 15.4. The fourth-order valence-corrected chi connectivity index (χ4v) is 3.24. The fraction of sp³-hybridized carbons (Fsp3) is 0.875. The number of nitrogens with one attached hydrogen (secondary N) is 1. The van der Waals surface area contributed by atoms with Crippen LogP contribution in [0.15, 0.2) is 4.99 Å². The van der Waals surface area contributed by atoms with Crippen LogP contribution in [0.4, 0.5) is 0 Å². The van der Waals surface area contributed by atoms with Crippen molar-refractivity contribution in [1.29, 1.82) is 0 Å². The molecule has 3 fully saturated rings. The van der Waals surface area contributed by atoms with Crippen LogP contribution < -0.4 is 5.32 Å². The first-order valence-corrected chi connectivity index (χ1v) is 8.74. The summed E-state index contributed by atoms with van der Waals surface area (Å²) in [5.74, 6) is 1.20. The van der Waals surface area contributed by atoms with E-state index < -0.39 is 0 Å². The van der Waals surface area contributed by atoms with Gasteiger partial charge in [-0.3, -0.25) is 9.79 Å². The van der Waals surface area contributed by atoms with Gasteiger partial charge in [0, 0.05) is 45.4 Å². The first-order valence-electron chi connectivity index (χ1n) is 8.74. The van der Waals surface area contributed by atoms with E-state index in [2.05, 4.69) is 22.1 Å². The molecule has 0 spiro atoms. The van der Waals surface area contributed by atoms with Gasteiger partial charge in [-0.25, -0.2) is 0 Å². The van der Waals surface area contributed by atoms with E-state index in [1.165, 1.54) is 19.3 Å². The lowest BCUT2D eigenvalue weighted by atomic mass is 9.93. The largest absolute Gasteiger partial charge is 0.368 e. The minimum Gasteiger partial charge on any atom is -0.368 e. The van der Waals surface area contributed by atoms with Gasteiger partial charge < -0.3 is 19.9 Å². The maximum atomic E-state index is 12.4. The second kappa shape index (κ2) is 7.31. The lowest BCUT2D eigenvalue weighted by molar-refractivity contribution is -0.142. The predicted octanol–water partition coefficient (Wildman–Crippen LogP) is 0.828. The Kier molecular flexibility index (Phi) is 5.18. The molecule has 3 rings (SSSR count). The first kappa shape index (κ1) is 15.6. The molecule has 124 valence electrons. The molecule has 1 atom stereocenters. The second-order valence-corrected chi connectivity index (χ2v) is 6.38. The van der Waals surface area contributed by atoms with Gasteiger partial charge >= 0.3 is 0 Å². The maximum absolute atomic E-state index is 12.4. The number of piperazine rings is 1. The minimum atomic E-state index is -0.191.